The Labute approximate surface area is 85.8 Å². The van der Waals surface area contributed by atoms with Crippen LogP contribution in [0.1, 0.15) is 37.4 Å². The molecule has 0 saturated heterocycles. The molecule has 1 nitrogen and oxygen atoms in total. The van der Waals surface area contributed by atoms with Gasteiger partial charge in [0.2, 0.25) is 0 Å². The minimum Gasteiger partial charge on any atom is -0.388 e. The molecule has 74 valence electrons. The number of unbranched alkanes of at least 4 members (excludes halogenated alkanes) is 2. The highest BCUT2D eigenvalue weighted by atomic mass is 16.3. The third-order valence-electron chi connectivity index (χ3n) is 2.23. The molecule has 1 rings (SSSR count). The Kier molecular flexibility index (Phi) is 4.82. The summed E-state index contributed by atoms with van der Waals surface area (Å²) in [6.45, 7) is 0. The standard InChI is InChI=1S/C13H16O/c1-2-3-4-8-11-13(14)12-9-6-5-7-10-12/h1,5-7,9-10,13-14H,3-4,8,11H2. The second-order valence-corrected chi connectivity index (χ2v) is 3.38. The van der Waals surface area contributed by atoms with Crippen LogP contribution in [-0.2, 0) is 0 Å². The van der Waals surface area contributed by atoms with Gasteiger partial charge in [-0.1, -0.05) is 30.3 Å². The third kappa shape index (κ3) is 3.64. The molecule has 1 N–H and O–H groups in total. The fourth-order valence-electron chi connectivity index (χ4n) is 1.41. The van der Waals surface area contributed by atoms with E-state index in [0.717, 1.165) is 31.2 Å². The lowest BCUT2D eigenvalue weighted by Crippen LogP contribution is -1.96. The summed E-state index contributed by atoms with van der Waals surface area (Å²) in [5, 5.41) is 9.77. The van der Waals surface area contributed by atoms with E-state index in [0.29, 0.717) is 0 Å². The van der Waals surface area contributed by atoms with Crippen LogP contribution in [-0.4, -0.2) is 5.11 Å². The van der Waals surface area contributed by atoms with E-state index in [1.165, 1.54) is 0 Å². The fraction of sp³-hybridized carbons (Fsp3) is 0.385. The zero-order chi connectivity index (χ0) is 10.2. The van der Waals surface area contributed by atoms with Gasteiger partial charge in [0.25, 0.3) is 0 Å². The van der Waals surface area contributed by atoms with Crippen LogP contribution in [0.3, 0.4) is 0 Å². The van der Waals surface area contributed by atoms with Crippen molar-refractivity contribution < 1.29 is 5.11 Å². The Morgan fingerprint density at radius 2 is 1.93 bits per heavy atom. The van der Waals surface area contributed by atoms with Gasteiger partial charge < -0.3 is 5.11 Å². The highest BCUT2D eigenvalue weighted by Crippen LogP contribution is 2.18. The Morgan fingerprint density at radius 3 is 2.57 bits per heavy atom. The normalized spacial score (nSPS) is 12.0. The maximum Gasteiger partial charge on any atom is 0.0790 e. The Bertz CT molecular complexity index is 284. The molecule has 0 spiro atoms. The Hall–Kier alpha value is -1.26. The lowest BCUT2D eigenvalue weighted by molar-refractivity contribution is 0.164. The smallest absolute Gasteiger partial charge is 0.0790 e. The molecule has 0 aromatic heterocycles. The molecule has 0 heterocycles. The van der Waals surface area contributed by atoms with Crippen LogP contribution in [0.25, 0.3) is 0 Å². The van der Waals surface area contributed by atoms with E-state index in [4.69, 9.17) is 6.42 Å². The largest absolute Gasteiger partial charge is 0.388 e. The molecule has 1 atom stereocenters. The first-order chi connectivity index (χ1) is 6.84. The molecule has 0 amide bonds. The zero-order valence-electron chi connectivity index (χ0n) is 8.32. The minimum atomic E-state index is -0.339. The number of terminal acetylenes is 1. The molecule has 0 aliphatic carbocycles. The van der Waals surface area contributed by atoms with Gasteiger partial charge in [-0.2, -0.15) is 0 Å². The second-order valence-electron chi connectivity index (χ2n) is 3.38. The maximum atomic E-state index is 9.77. The molecule has 1 aromatic carbocycles. The van der Waals surface area contributed by atoms with Crippen molar-refractivity contribution in [2.24, 2.45) is 0 Å². The van der Waals surface area contributed by atoms with E-state index in [9.17, 15) is 5.11 Å². The molecular weight excluding hydrogens is 172 g/mol. The highest BCUT2D eigenvalue weighted by molar-refractivity contribution is 5.16. The van der Waals surface area contributed by atoms with Gasteiger partial charge in [-0.25, -0.2) is 0 Å². The summed E-state index contributed by atoms with van der Waals surface area (Å²) in [5.74, 6) is 2.60. The molecule has 1 unspecified atom stereocenters. The van der Waals surface area contributed by atoms with Crippen molar-refractivity contribution in [3.8, 4) is 12.3 Å². The van der Waals surface area contributed by atoms with Gasteiger partial charge in [0.05, 0.1) is 6.10 Å². The van der Waals surface area contributed by atoms with E-state index in [1.54, 1.807) is 0 Å². The molecule has 0 aliphatic rings. The third-order valence-corrected chi connectivity index (χ3v) is 2.23. The van der Waals surface area contributed by atoms with Crippen LogP contribution < -0.4 is 0 Å². The summed E-state index contributed by atoms with van der Waals surface area (Å²) >= 11 is 0. The van der Waals surface area contributed by atoms with Crippen LogP contribution >= 0.6 is 0 Å². The zero-order valence-corrected chi connectivity index (χ0v) is 8.32. The number of aliphatic hydroxyl groups is 1. The topological polar surface area (TPSA) is 20.2 Å². The van der Waals surface area contributed by atoms with Crippen molar-refractivity contribution in [2.45, 2.75) is 31.8 Å². The number of hydrogen-bond acceptors (Lipinski definition) is 1. The molecule has 0 fully saturated rings. The number of aliphatic hydroxyl groups excluding tert-OH is 1. The SMILES string of the molecule is C#CCCCCC(O)c1ccccc1. The number of rotatable bonds is 5. The maximum absolute atomic E-state index is 9.77. The van der Waals surface area contributed by atoms with E-state index in [2.05, 4.69) is 5.92 Å². The molecule has 0 radical (unpaired) electrons. The van der Waals surface area contributed by atoms with Gasteiger partial charge in [-0.3, -0.25) is 0 Å². The van der Waals surface area contributed by atoms with Crippen LogP contribution in [0.4, 0.5) is 0 Å². The average Bonchev–Trinajstić information content (AvgIpc) is 2.25. The monoisotopic (exact) mass is 188 g/mol. The summed E-state index contributed by atoms with van der Waals surface area (Å²) in [6, 6.07) is 9.74. The van der Waals surface area contributed by atoms with E-state index < -0.39 is 0 Å². The van der Waals surface area contributed by atoms with Gasteiger partial charge in [-0.05, 0) is 24.8 Å². The van der Waals surface area contributed by atoms with Crippen LogP contribution in [0.2, 0.25) is 0 Å². The average molecular weight is 188 g/mol. The molecule has 0 saturated carbocycles. The van der Waals surface area contributed by atoms with Gasteiger partial charge in [0, 0.05) is 6.42 Å². The molecule has 14 heavy (non-hydrogen) atoms. The first kappa shape index (κ1) is 10.8. The molecule has 0 bridgehead atoms. The molecule has 0 aliphatic heterocycles. The van der Waals surface area contributed by atoms with Crippen LogP contribution in [0.5, 0.6) is 0 Å². The minimum absolute atomic E-state index is 0.339. The van der Waals surface area contributed by atoms with Crippen molar-refractivity contribution in [1.29, 1.82) is 0 Å². The molecule has 1 aromatic rings. The highest BCUT2D eigenvalue weighted by Gasteiger charge is 2.05. The van der Waals surface area contributed by atoms with Crippen LogP contribution in [0.15, 0.2) is 30.3 Å². The van der Waals surface area contributed by atoms with Gasteiger partial charge in [-0.15, -0.1) is 12.3 Å². The van der Waals surface area contributed by atoms with E-state index in [-0.39, 0.29) is 6.10 Å². The van der Waals surface area contributed by atoms with Gasteiger partial charge >= 0.3 is 0 Å². The predicted molar refractivity (Wildman–Crippen MR) is 58.7 cm³/mol. The first-order valence-corrected chi connectivity index (χ1v) is 5.01. The van der Waals surface area contributed by atoms with Crippen molar-refractivity contribution in [1.82, 2.24) is 0 Å². The number of benzene rings is 1. The summed E-state index contributed by atoms with van der Waals surface area (Å²) in [6.07, 6.45) is 8.40. The van der Waals surface area contributed by atoms with E-state index in [1.807, 2.05) is 30.3 Å². The van der Waals surface area contributed by atoms with Crippen molar-refractivity contribution in [3.05, 3.63) is 35.9 Å². The second kappa shape index (κ2) is 6.23. The summed E-state index contributed by atoms with van der Waals surface area (Å²) in [4.78, 5) is 0. The predicted octanol–water partition coefficient (Wildman–Crippen LogP) is 2.91. The Balaban J connectivity index is 2.29. The van der Waals surface area contributed by atoms with Crippen molar-refractivity contribution in [2.75, 3.05) is 0 Å². The summed E-state index contributed by atoms with van der Waals surface area (Å²) in [5.41, 5.74) is 0.994. The van der Waals surface area contributed by atoms with Gasteiger partial charge in [0.1, 0.15) is 0 Å². The quantitative estimate of drug-likeness (QED) is 0.556. The fourth-order valence-corrected chi connectivity index (χ4v) is 1.41. The van der Waals surface area contributed by atoms with Gasteiger partial charge in [0.15, 0.2) is 0 Å². The van der Waals surface area contributed by atoms with E-state index >= 15 is 0 Å². The van der Waals surface area contributed by atoms with Crippen LogP contribution in [0, 0.1) is 12.3 Å². The lowest BCUT2D eigenvalue weighted by Gasteiger charge is -2.09. The van der Waals surface area contributed by atoms with Crippen molar-refractivity contribution >= 4 is 0 Å². The Morgan fingerprint density at radius 1 is 1.21 bits per heavy atom. The lowest BCUT2D eigenvalue weighted by atomic mass is 10.0. The molecule has 1 heteroatoms. The van der Waals surface area contributed by atoms with Crippen molar-refractivity contribution in [3.63, 3.8) is 0 Å². The molecular formula is C13H16O. The first-order valence-electron chi connectivity index (χ1n) is 5.01. The number of hydrogen-bond donors (Lipinski definition) is 1. The summed E-state index contributed by atoms with van der Waals surface area (Å²) < 4.78 is 0. The summed E-state index contributed by atoms with van der Waals surface area (Å²) in [7, 11) is 0.